The molecule has 5 heteroatoms. The summed E-state index contributed by atoms with van der Waals surface area (Å²) in [4.78, 5) is 10.3. The van der Waals surface area contributed by atoms with Crippen LogP contribution in [0.3, 0.4) is 0 Å². The SMILES string of the molecule is O=C(O)Oc1ccc(CS)c(CS)c1. The highest BCUT2D eigenvalue weighted by Crippen LogP contribution is 2.20. The fourth-order valence-electron chi connectivity index (χ4n) is 1.07. The number of hydrogen-bond acceptors (Lipinski definition) is 4. The van der Waals surface area contributed by atoms with Gasteiger partial charge < -0.3 is 9.84 Å². The second-order valence-corrected chi connectivity index (χ2v) is 3.25. The van der Waals surface area contributed by atoms with Crippen molar-refractivity contribution in [1.29, 1.82) is 0 Å². The van der Waals surface area contributed by atoms with Crippen molar-refractivity contribution in [3.05, 3.63) is 29.3 Å². The molecule has 0 atom stereocenters. The maximum atomic E-state index is 10.3. The van der Waals surface area contributed by atoms with Gasteiger partial charge in [0.1, 0.15) is 5.75 Å². The van der Waals surface area contributed by atoms with Crippen LogP contribution >= 0.6 is 25.3 Å². The number of thiol groups is 2. The third-order valence-electron chi connectivity index (χ3n) is 1.72. The zero-order valence-electron chi connectivity index (χ0n) is 7.30. The Balaban J connectivity index is 2.95. The molecule has 1 aromatic carbocycles. The molecule has 0 radical (unpaired) electrons. The number of ether oxygens (including phenoxy) is 1. The minimum Gasteiger partial charge on any atom is -0.449 e. The maximum Gasteiger partial charge on any atom is 0.511 e. The van der Waals surface area contributed by atoms with Crippen LogP contribution in [0.1, 0.15) is 11.1 Å². The maximum absolute atomic E-state index is 10.3. The van der Waals surface area contributed by atoms with Crippen molar-refractivity contribution in [1.82, 2.24) is 0 Å². The Labute approximate surface area is 92.9 Å². The standard InChI is InChI=1S/C9H10O3S2/c10-9(11)12-8-2-1-6(4-13)7(3-8)5-14/h1-3,13-14H,4-5H2,(H,10,11). The van der Waals surface area contributed by atoms with Gasteiger partial charge in [-0.1, -0.05) is 6.07 Å². The quantitative estimate of drug-likeness (QED) is 0.425. The second kappa shape index (κ2) is 5.17. The van der Waals surface area contributed by atoms with Crippen LogP contribution in [0.5, 0.6) is 5.75 Å². The summed E-state index contributed by atoms with van der Waals surface area (Å²) >= 11 is 8.28. The molecule has 0 fully saturated rings. The molecule has 14 heavy (non-hydrogen) atoms. The highest BCUT2D eigenvalue weighted by molar-refractivity contribution is 7.79. The first-order valence-corrected chi connectivity index (χ1v) is 5.18. The molecule has 0 saturated heterocycles. The molecule has 0 amide bonds. The number of carbonyl (C=O) groups is 1. The van der Waals surface area contributed by atoms with Crippen molar-refractivity contribution < 1.29 is 14.6 Å². The van der Waals surface area contributed by atoms with Gasteiger partial charge in [0.2, 0.25) is 0 Å². The van der Waals surface area contributed by atoms with Crippen LogP contribution in [0.4, 0.5) is 4.79 Å². The Bertz CT molecular complexity index is 339. The van der Waals surface area contributed by atoms with E-state index in [4.69, 9.17) is 5.11 Å². The van der Waals surface area contributed by atoms with Crippen molar-refractivity contribution in [2.45, 2.75) is 11.5 Å². The van der Waals surface area contributed by atoms with Gasteiger partial charge in [0.05, 0.1) is 0 Å². The summed E-state index contributed by atoms with van der Waals surface area (Å²) in [5.74, 6) is 1.45. The molecule has 0 aromatic heterocycles. The normalized spacial score (nSPS) is 9.86. The average Bonchev–Trinajstić information content (AvgIpc) is 2.16. The fraction of sp³-hybridized carbons (Fsp3) is 0.222. The summed E-state index contributed by atoms with van der Waals surface area (Å²) in [7, 11) is 0. The topological polar surface area (TPSA) is 46.5 Å². The molecule has 76 valence electrons. The number of hydrogen-bond donors (Lipinski definition) is 3. The summed E-state index contributed by atoms with van der Waals surface area (Å²) in [5.41, 5.74) is 1.96. The van der Waals surface area contributed by atoms with Crippen molar-refractivity contribution in [2.75, 3.05) is 0 Å². The highest BCUT2D eigenvalue weighted by Gasteiger charge is 2.04. The lowest BCUT2D eigenvalue weighted by molar-refractivity contribution is 0.144. The van der Waals surface area contributed by atoms with Crippen LogP contribution in [-0.2, 0) is 11.5 Å². The Morgan fingerprint density at radius 2 is 1.93 bits per heavy atom. The number of benzene rings is 1. The number of rotatable bonds is 3. The Kier molecular flexibility index (Phi) is 4.16. The Hall–Kier alpha value is -0.810. The zero-order valence-corrected chi connectivity index (χ0v) is 9.09. The summed E-state index contributed by atoms with van der Waals surface area (Å²) in [6.07, 6.45) is -1.31. The molecule has 0 heterocycles. The minimum atomic E-state index is -1.31. The average molecular weight is 230 g/mol. The Morgan fingerprint density at radius 1 is 1.29 bits per heavy atom. The van der Waals surface area contributed by atoms with Gasteiger partial charge in [0, 0.05) is 11.5 Å². The lowest BCUT2D eigenvalue weighted by Crippen LogP contribution is -2.03. The van der Waals surface area contributed by atoms with Gasteiger partial charge in [-0.15, -0.1) is 0 Å². The first-order chi connectivity index (χ1) is 6.67. The van der Waals surface area contributed by atoms with Crippen molar-refractivity contribution in [3.8, 4) is 5.75 Å². The molecule has 3 nitrogen and oxygen atoms in total. The first kappa shape index (κ1) is 11.3. The Morgan fingerprint density at radius 3 is 2.43 bits per heavy atom. The molecular formula is C9H10O3S2. The molecular weight excluding hydrogens is 220 g/mol. The van der Waals surface area contributed by atoms with E-state index in [1.54, 1.807) is 18.2 Å². The van der Waals surface area contributed by atoms with E-state index in [0.29, 0.717) is 17.3 Å². The fourth-order valence-corrected chi connectivity index (χ4v) is 1.67. The molecule has 0 aliphatic heterocycles. The van der Waals surface area contributed by atoms with Gasteiger partial charge >= 0.3 is 6.16 Å². The molecule has 0 aliphatic rings. The molecule has 0 bridgehead atoms. The minimum absolute atomic E-state index is 0.312. The van der Waals surface area contributed by atoms with Crippen LogP contribution in [0.15, 0.2) is 18.2 Å². The summed E-state index contributed by atoms with van der Waals surface area (Å²) in [6, 6.07) is 5.05. The van der Waals surface area contributed by atoms with Gasteiger partial charge in [0.25, 0.3) is 0 Å². The van der Waals surface area contributed by atoms with Gasteiger partial charge in [0.15, 0.2) is 0 Å². The lowest BCUT2D eigenvalue weighted by Gasteiger charge is -2.06. The van der Waals surface area contributed by atoms with Gasteiger partial charge in [-0.2, -0.15) is 25.3 Å². The monoisotopic (exact) mass is 230 g/mol. The van der Waals surface area contributed by atoms with E-state index in [1.807, 2.05) is 0 Å². The van der Waals surface area contributed by atoms with E-state index in [-0.39, 0.29) is 0 Å². The predicted octanol–water partition coefficient (Wildman–Crippen LogP) is 2.60. The van der Waals surface area contributed by atoms with E-state index in [1.165, 1.54) is 0 Å². The van der Waals surface area contributed by atoms with Gasteiger partial charge in [-0.05, 0) is 23.3 Å². The molecule has 0 saturated carbocycles. The largest absolute Gasteiger partial charge is 0.511 e. The van der Waals surface area contributed by atoms with Crippen molar-refractivity contribution in [3.63, 3.8) is 0 Å². The van der Waals surface area contributed by atoms with Crippen molar-refractivity contribution >= 4 is 31.4 Å². The predicted molar refractivity (Wildman–Crippen MR) is 60.5 cm³/mol. The molecule has 0 unspecified atom stereocenters. The first-order valence-electron chi connectivity index (χ1n) is 3.91. The van der Waals surface area contributed by atoms with Crippen LogP contribution in [0.2, 0.25) is 0 Å². The van der Waals surface area contributed by atoms with E-state index in [2.05, 4.69) is 30.0 Å². The van der Waals surface area contributed by atoms with E-state index < -0.39 is 6.16 Å². The van der Waals surface area contributed by atoms with Gasteiger partial charge in [-0.25, -0.2) is 4.79 Å². The molecule has 1 rings (SSSR count). The van der Waals surface area contributed by atoms with Crippen molar-refractivity contribution in [2.24, 2.45) is 0 Å². The number of carboxylic acid groups (broad SMARTS) is 1. The van der Waals surface area contributed by atoms with Crippen LogP contribution in [-0.4, -0.2) is 11.3 Å². The third-order valence-corrected chi connectivity index (χ3v) is 2.40. The van der Waals surface area contributed by atoms with Gasteiger partial charge in [-0.3, -0.25) is 0 Å². The molecule has 1 aromatic rings. The lowest BCUT2D eigenvalue weighted by atomic mass is 10.1. The van der Waals surface area contributed by atoms with E-state index in [0.717, 1.165) is 11.1 Å². The second-order valence-electron chi connectivity index (χ2n) is 2.61. The molecule has 0 spiro atoms. The summed E-state index contributed by atoms with van der Waals surface area (Å²) in [5, 5.41) is 8.40. The smallest absolute Gasteiger partial charge is 0.449 e. The zero-order chi connectivity index (χ0) is 10.6. The third kappa shape index (κ3) is 2.85. The van der Waals surface area contributed by atoms with E-state index in [9.17, 15) is 4.79 Å². The highest BCUT2D eigenvalue weighted by atomic mass is 32.1. The van der Waals surface area contributed by atoms with Crippen LogP contribution < -0.4 is 4.74 Å². The molecule has 0 aliphatic carbocycles. The molecule has 1 N–H and O–H groups in total. The summed E-state index contributed by atoms with van der Waals surface area (Å²) in [6.45, 7) is 0. The summed E-state index contributed by atoms with van der Waals surface area (Å²) < 4.78 is 4.51. The van der Waals surface area contributed by atoms with Crippen LogP contribution in [0, 0.1) is 0 Å². The van der Waals surface area contributed by atoms with Crippen LogP contribution in [0.25, 0.3) is 0 Å². The van der Waals surface area contributed by atoms with E-state index >= 15 is 0 Å².